The van der Waals surface area contributed by atoms with Gasteiger partial charge in [-0.15, -0.1) is 11.3 Å². The molecule has 3 aromatic rings. The van der Waals surface area contributed by atoms with E-state index in [0.717, 1.165) is 23.3 Å². The number of fused-ring (bicyclic) bond motifs is 1. The minimum Gasteiger partial charge on any atom is -0.369 e. The summed E-state index contributed by atoms with van der Waals surface area (Å²) < 4.78 is 3.20. The number of aromatic nitrogens is 3. The molecule has 92 valence electrons. The molecule has 18 heavy (non-hydrogen) atoms. The molecule has 0 radical (unpaired) electrons. The van der Waals surface area contributed by atoms with Crippen molar-refractivity contribution < 1.29 is 0 Å². The average molecular weight is 370 g/mol. The molecule has 0 amide bonds. The van der Waals surface area contributed by atoms with Gasteiger partial charge in [0.25, 0.3) is 0 Å². The smallest absolute Gasteiger partial charge is 0.201 e. The number of thiazole rings is 1. The number of halogens is 1. The highest BCUT2D eigenvalue weighted by Crippen LogP contribution is 2.23. The van der Waals surface area contributed by atoms with Crippen molar-refractivity contribution in [2.45, 2.75) is 13.5 Å². The van der Waals surface area contributed by atoms with Gasteiger partial charge in [0.05, 0.1) is 28.8 Å². The zero-order valence-electron chi connectivity index (χ0n) is 9.72. The highest BCUT2D eigenvalue weighted by atomic mass is 127. The molecule has 2 aromatic heterocycles. The van der Waals surface area contributed by atoms with Crippen molar-refractivity contribution in [1.82, 2.24) is 14.5 Å². The van der Waals surface area contributed by atoms with Crippen LogP contribution in [0.2, 0.25) is 0 Å². The number of hydrogen-bond acceptors (Lipinski definition) is 4. The highest BCUT2D eigenvalue weighted by molar-refractivity contribution is 14.1. The van der Waals surface area contributed by atoms with Crippen LogP contribution in [0.1, 0.15) is 10.6 Å². The Labute approximate surface area is 122 Å². The van der Waals surface area contributed by atoms with Gasteiger partial charge < -0.3 is 10.3 Å². The Bertz CT molecular complexity index is 716. The fraction of sp³-hybridized carbons (Fsp3) is 0.167. The summed E-state index contributed by atoms with van der Waals surface area (Å²) >= 11 is 3.93. The molecule has 0 aliphatic rings. The fourth-order valence-corrected chi connectivity index (χ4v) is 3.15. The average Bonchev–Trinajstić information content (AvgIpc) is 2.85. The Balaban J connectivity index is 2.11. The van der Waals surface area contributed by atoms with Crippen molar-refractivity contribution in [2.24, 2.45) is 0 Å². The Morgan fingerprint density at radius 2 is 2.28 bits per heavy atom. The molecular formula is C12H11IN4S. The third-order valence-electron chi connectivity index (χ3n) is 2.89. The molecule has 0 aliphatic carbocycles. The van der Waals surface area contributed by atoms with Gasteiger partial charge in [-0.1, -0.05) is 0 Å². The first-order valence-electron chi connectivity index (χ1n) is 5.45. The zero-order valence-corrected chi connectivity index (χ0v) is 12.7. The van der Waals surface area contributed by atoms with E-state index in [1.807, 2.05) is 23.1 Å². The topological polar surface area (TPSA) is 56.7 Å². The maximum absolute atomic E-state index is 6.00. The monoisotopic (exact) mass is 370 g/mol. The van der Waals surface area contributed by atoms with Gasteiger partial charge >= 0.3 is 0 Å². The summed E-state index contributed by atoms with van der Waals surface area (Å²) in [6.07, 6.45) is 0. The Morgan fingerprint density at radius 1 is 1.44 bits per heavy atom. The summed E-state index contributed by atoms with van der Waals surface area (Å²) in [7, 11) is 0. The van der Waals surface area contributed by atoms with E-state index in [9.17, 15) is 0 Å². The van der Waals surface area contributed by atoms with Crippen molar-refractivity contribution >= 4 is 50.9 Å². The number of hydrogen-bond donors (Lipinski definition) is 1. The summed E-state index contributed by atoms with van der Waals surface area (Å²) in [5, 5.41) is 0. The molecule has 0 unspecified atom stereocenters. The first kappa shape index (κ1) is 11.9. The molecule has 0 atom stereocenters. The third-order valence-corrected chi connectivity index (χ3v) is 4.48. The van der Waals surface area contributed by atoms with E-state index < -0.39 is 0 Å². The second-order valence-corrected chi connectivity index (χ2v) is 6.24. The lowest BCUT2D eigenvalue weighted by atomic mass is 10.3. The second-order valence-electron chi connectivity index (χ2n) is 4.05. The first-order valence-corrected chi connectivity index (χ1v) is 7.41. The van der Waals surface area contributed by atoms with Gasteiger partial charge in [-0.05, 0) is 47.7 Å². The number of imidazole rings is 1. The summed E-state index contributed by atoms with van der Waals surface area (Å²) in [6.45, 7) is 2.75. The summed E-state index contributed by atoms with van der Waals surface area (Å²) in [5.74, 6) is 0.555. The van der Waals surface area contributed by atoms with Crippen LogP contribution < -0.4 is 5.73 Å². The number of anilines is 1. The number of benzene rings is 1. The van der Waals surface area contributed by atoms with E-state index in [2.05, 4.69) is 44.7 Å². The molecular weight excluding hydrogens is 359 g/mol. The van der Waals surface area contributed by atoms with E-state index in [1.165, 1.54) is 8.45 Å². The zero-order chi connectivity index (χ0) is 12.7. The van der Waals surface area contributed by atoms with Crippen LogP contribution >= 0.6 is 33.9 Å². The molecule has 2 heterocycles. The van der Waals surface area contributed by atoms with Gasteiger partial charge in [0.1, 0.15) is 0 Å². The molecule has 6 heteroatoms. The van der Waals surface area contributed by atoms with Crippen LogP contribution in [0.15, 0.2) is 23.7 Å². The van der Waals surface area contributed by atoms with Gasteiger partial charge in [-0.3, -0.25) is 0 Å². The van der Waals surface area contributed by atoms with Crippen molar-refractivity contribution in [2.75, 3.05) is 5.73 Å². The Hall–Kier alpha value is -1.15. The summed E-state index contributed by atoms with van der Waals surface area (Å²) in [6, 6.07) is 6.18. The van der Waals surface area contributed by atoms with E-state index >= 15 is 0 Å². The largest absolute Gasteiger partial charge is 0.369 e. The molecule has 0 aliphatic heterocycles. The quantitative estimate of drug-likeness (QED) is 0.706. The molecule has 0 saturated carbocycles. The lowest BCUT2D eigenvalue weighted by Gasteiger charge is -2.05. The second kappa shape index (κ2) is 4.51. The molecule has 0 fully saturated rings. The van der Waals surface area contributed by atoms with Crippen molar-refractivity contribution in [3.05, 3.63) is 37.9 Å². The minimum atomic E-state index is 0.555. The summed E-state index contributed by atoms with van der Waals surface area (Å²) in [4.78, 5) is 9.89. The number of nitrogen functional groups attached to an aromatic ring is 1. The Morgan fingerprint density at radius 3 is 3.00 bits per heavy atom. The van der Waals surface area contributed by atoms with Crippen LogP contribution in [0.25, 0.3) is 11.0 Å². The van der Waals surface area contributed by atoms with Gasteiger partial charge in [0.15, 0.2) is 0 Å². The van der Waals surface area contributed by atoms with Gasteiger partial charge in [0.2, 0.25) is 5.95 Å². The normalized spacial score (nSPS) is 11.2. The predicted octanol–water partition coefficient (Wildman–Crippen LogP) is 3.04. The van der Waals surface area contributed by atoms with Crippen molar-refractivity contribution in [1.29, 1.82) is 0 Å². The molecule has 4 nitrogen and oxygen atoms in total. The molecule has 0 saturated heterocycles. The molecule has 0 spiro atoms. The maximum atomic E-state index is 6.00. The van der Waals surface area contributed by atoms with E-state index in [4.69, 9.17) is 5.73 Å². The van der Waals surface area contributed by atoms with E-state index in [-0.39, 0.29) is 0 Å². The van der Waals surface area contributed by atoms with Crippen molar-refractivity contribution in [3.8, 4) is 0 Å². The third kappa shape index (κ3) is 1.99. The minimum absolute atomic E-state index is 0.555. The molecule has 2 N–H and O–H groups in total. The predicted molar refractivity (Wildman–Crippen MR) is 82.8 cm³/mol. The summed E-state index contributed by atoms with van der Waals surface area (Å²) in [5.41, 5.74) is 10.9. The van der Waals surface area contributed by atoms with Crippen LogP contribution in [0.3, 0.4) is 0 Å². The highest BCUT2D eigenvalue weighted by Gasteiger charge is 2.11. The number of aryl methyl sites for hydroxylation is 1. The van der Waals surface area contributed by atoms with Crippen molar-refractivity contribution in [3.63, 3.8) is 0 Å². The van der Waals surface area contributed by atoms with Crippen LogP contribution in [0, 0.1) is 10.5 Å². The van der Waals surface area contributed by atoms with Crippen LogP contribution in [-0.4, -0.2) is 14.5 Å². The number of rotatable bonds is 2. The number of nitrogens with two attached hydrogens (primary N) is 1. The van der Waals surface area contributed by atoms with Crippen LogP contribution in [-0.2, 0) is 6.54 Å². The lowest BCUT2D eigenvalue weighted by Crippen LogP contribution is -2.04. The standard InChI is InChI=1S/C12H11IN4S/c1-7-11(18-6-15-7)5-17-10-3-2-8(13)4-9(10)16-12(17)14/h2-4,6H,5H2,1H3,(H2,14,16). The SMILES string of the molecule is Cc1ncsc1Cn1c(N)nc2cc(I)ccc21. The first-order chi connectivity index (χ1) is 8.65. The van der Waals surface area contributed by atoms with Crippen LogP contribution in [0.5, 0.6) is 0 Å². The van der Waals surface area contributed by atoms with Gasteiger partial charge in [-0.25, -0.2) is 9.97 Å². The molecule has 0 bridgehead atoms. The van der Waals surface area contributed by atoms with Crippen LogP contribution in [0.4, 0.5) is 5.95 Å². The van der Waals surface area contributed by atoms with E-state index in [1.54, 1.807) is 11.3 Å². The van der Waals surface area contributed by atoms with E-state index in [0.29, 0.717) is 5.95 Å². The molecule has 3 rings (SSSR count). The number of nitrogens with zero attached hydrogens (tertiary/aromatic N) is 3. The van der Waals surface area contributed by atoms with Gasteiger partial charge in [0, 0.05) is 8.45 Å². The van der Waals surface area contributed by atoms with Gasteiger partial charge in [-0.2, -0.15) is 0 Å². The maximum Gasteiger partial charge on any atom is 0.201 e. The molecule has 1 aromatic carbocycles. The lowest BCUT2D eigenvalue weighted by molar-refractivity contribution is 0.843. The fourth-order valence-electron chi connectivity index (χ4n) is 1.91. The Kier molecular flexibility index (Phi) is 2.98.